The summed E-state index contributed by atoms with van der Waals surface area (Å²) in [5, 5.41) is 3.67. The van der Waals surface area contributed by atoms with E-state index in [1.54, 1.807) is 19.1 Å². The normalized spacial score (nSPS) is 17.2. The maximum atomic E-state index is 13.2. The van der Waals surface area contributed by atoms with Crippen LogP contribution in [0.5, 0.6) is 11.5 Å². The number of alkyl halides is 3. The Morgan fingerprint density at radius 2 is 1.97 bits per heavy atom. The highest BCUT2D eigenvalue weighted by Gasteiger charge is 2.31. The summed E-state index contributed by atoms with van der Waals surface area (Å²) in [5.41, 5.74) is 5.74. The van der Waals surface area contributed by atoms with E-state index in [1.807, 2.05) is 0 Å². The molecular weight excluding hydrogens is 461 g/mol. The molecule has 1 saturated heterocycles. The SMILES string of the molecule is COc1cc2nc(Cl)nc(N[C@H](C)c3cc(N)cc(C(F)(F)F)c3)c2cc1O[C@H]1CCOC1. The number of nitrogens with two attached hydrogens (primary N) is 1. The summed E-state index contributed by atoms with van der Waals surface area (Å²) >= 11 is 6.12. The molecule has 1 aliphatic rings. The number of aromatic nitrogens is 2. The van der Waals surface area contributed by atoms with Crippen molar-refractivity contribution in [3.05, 3.63) is 46.7 Å². The van der Waals surface area contributed by atoms with E-state index in [4.69, 9.17) is 31.5 Å². The van der Waals surface area contributed by atoms with Crippen LogP contribution in [0.1, 0.15) is 30.5 Å². The summed E-state index contributed by atoms with van der Waals surface area (Å²) in [6.07, 6.45) is -3.88. The topological polar surface area (TPSA) is 91.5 Å². The number of fused-ring (bicyclic) bond motifs is 1. The van der Waals surface area contributed by atoms with E-state index >= 15 is 0 Å². The lowest BCUT2D eigenvalue weighted by atomic mass is 10.0. The van der Waals surface area contributed by atoms with Crippen molar-refractivity contribution in [3.63, 3.8) is 0 Å². The second-order valence-corrected chi connectivity index (χ2v) is 8.06. The first-order chi connectivity index (χ1) is 15.6. The van der Waals surface area contributed by atoms with Crippen LogP contribution in [0.15, 0.2) is 30.3 Å². The molecular formula is C22H22ClF3N4O3. The molecule has 0 aliphatic carbocycles. The molecule has 1 aromatic heterocycles. The summed E-state index contributed by atoms with van der Waals surface area (Å²) in [4.78, 5) is 8.50. The molecule has 2 aromatic carbocycles. The number of methoxy groups -OCH3 is 1. The molecule has 2 atom stereocenters. The van der Waals surface area contributed by atoms with Gasteiger partial charge in [0.25, 0.3) is 0 Å². The van der Waals surface area contributed by atoms with Crippen molar-refractivity contribution in [1.82, 2.24) is 9.97 Å². The average molecular weight is 483 g/mol. The lowest BCUT2D eigenvalue weighted by Gasteiger charge is -2.20. The fourth-order valence-corrected chi connectivity index (χ4v) is 3.81. The molecule has 0 unspecified atom stereocenters. The Balaban J connectivity index is 1.71. The van der Waals surface area contributed by atoms with Gasteiger partial charge in [-0.1, -0.05) is 0 Å². The van der Waals surface area contributed by atoms with Gasteiger partial charge < -0.3 is 25.3 Å². The number of nitrogens with zero attached hydrogens (tertiary/aromatic N) is 2. The second kappa shape index (κ2) is 9.11. The van der Waals surface area contributed by atoms with Crippen molar-refractivity contribution in [1.29, 1.82) is 0 Å². The molecule has 3 aromatic rings. The zero-order chi connectivity index (χ0) is 23.8. The van der Waals surface area contributed by atoms with Crippen molar-refractivity contribution in [2.24, 2.45) is 0 Å². The van der Waals surface area contributed by atoms with Gasteiger partial charge in [0.1, 0.15) is 11.9 Å². The smallest absolute Gasteiger partial charge is 0.416 e. The van der Waals surface area contributed by atoms with Crippen LogP contribution < -0.4 is 20.5 Å². The number of ether oxygens (including phenoxy) is 3. The van der Waals surface area contributed by atoms with Crippen LogP contribution in [0.25, 0.3) is 10.9 Å². The maximum absolute atomic E-state index is 13.2. The van der Waals surface area contributed by atoms with Gasteiger partial charge in [-0.3, -0.25) is 0 Å². The molecule has 0 saturated carbocycles. The number of hydrogen-bond acceptors (Lipinski definition) is 7. The number of hydrogen-bond donors (Lipinski definition) is 2. The number of nitrogen functional groups attached to an aromatic ring is 1. The minimum absolute atomic E-state index is 0.0123. The van der Waals surface area contributed by atoms with Gasteiger partial charge in [0.2, 0.25) is 5.28 Å². The third-order valence-electron chi connectivity index (χ3n) is 5.29. The van der Waals surface area contributed by atoms with E-state index in [2.05, 4.69) is 15.3 Å². The Kier molecular flexibility index (Phi) is 6.40. The molecule has 0 spiro atoms. The monoisotopic (exact) mass is 482 g/mol. The second-order valence-electron chi connectivity index (χ2n) is 7.72. The number of halogens is 4. The lowest BCUT2D eigenvalue weighted by molar-refractivity contribution is -0.137. The largest absolute Gasteiger partial charge is 0.493 e. The van der Waals surface area contributed by atoms with E-state index in [1.165, 1.54) is 13.2 Å². The fourth-order valence-electron chi connectivity index (χ4n) is 3.63. The molecule has 0 amide bonds. The molecule has 176 valence electrons. The van der Waals surface area contributed by atoms with Crippen LogP contribution in [0.3, 0.4) is 0 Å². The Morgan fingerprint density at radius 3 is 2.64 bits per heavy atom. The predicted octanol–water partition coefficient (Wildman–Crippen LogP) is 5.23. The van der Waals surface area contributed by atoms with E-state index in [-0.39, 0.29) is 17.1 Å². The van der Waals surface area contributed by atoms with Crippen LogP contribution in [-0.4, -0.2) is 36.4 Å². The Labute approximate surface area is 193 Å². The minimum Gasteiger partial charge on any atom is -0.493 e. The zero-order valence-corrected chi connectivity index (χ0v) is 18.6. The highest BCUT2D eigenvalue weighted by atomic mass is 35.5. The first kappa shape index (κ1) is 23.2. The van der Waals surface area contributed by atoms with E-state index in [9.17, 15) is 13.2 Å². The number of anilines is 2. The van der Waals surface area contributed by atoms with Crippen LogP contribution in [0, 0.1) is 0 Å². The minimum atomic E-state index is -4.51. The Hall–Kier alpha value is -2.98. The molecule has 4 rings (SSSR count). The van der Waals surface area contributed by atoms with Crippen molar-refractivity contribution >= 4 is 34.0 Å². The van der Waals surface area contributed by atoms with Crippen molar-refractivity contribution in [2.75, 3.05) is 31.4 Å². The third kappa shape index (κ3) is 5.17. The summed E-state index contributed by atoms with van der Waals surface area (Å²) in [6.45, 7) is 2.79. The maximum Gasteiger partial charge on any atom is 0.416 e. The van der Waals surface area contributed by atoms with Gasteiger partial charge in [-0.05, 0) is 48.4 Å². The van der Waals surface area contributed by atoms with Crippen LogP contribution in [-0.2, 0) is 10.9 Å². The lowest BCUT2D eigenvalue weighted by Crippen LogP contribution is -2.16. The molecule has 1 fully saturated rings. The summed E-state index contributed by atoms with van der Waals surface area (Å²) in [7, 11) is 1.52. The molecule has 7 nitrogen and oxygen atoms in total. The van der Waals surface area contributed by atoms with Gasteiger partial charge in [-0.25, -0.2) is 9.97 Å². The van der Waals surface area contributed by atoms with Crippen molar-refractivity contribution in [2.45, 2.75) is 31.7 Å². The van der Waals surface area contributed by atoms with Crippen LogP contribution in [0.2, 0.25) is 5.28 Å². The molecule has 1 aliphatic heterocycles. The van der Waals surface area contributed by atoms with E-state index < -0.39 is 17.8 Å². The number of rotatable bonds is 6. The van der Waals surface area contributed by atoms with E-state index in [0.717, 1.165) is 18.6 Å². The summed E-state index contributed by atoms with van der Waals surface area (Å²) in [5.74, 6) is 1.28. The molecule has 11 heteroatoms. The number of benzene rings is 2. The standard InChI is InChI=1S/C22H22ClF3N4O3/c1-11(12-5-13(22(24,25)26)7-14(27)6-12)28-20-16-8-19(33-15-3-4-32-10-15)18(31-2)9-17(16)29-21(23)30-20/h5-9,11,15H,3-4,10,27H2,1-2H3,(H,28,29,30)/t11-,15+/m1/s1. The van der Waals surface area contributed by atoms with Gasteiger partial charge >= 0.3 is 6.18 Å². The molecule has 33 heavy (non-hydrogen) atoms. The molecule has 0 bridgehead atoms. The zero-order valence-electron chi connectivity index (χ0n) is 17.9. The first-order valence-electron chi connectivity index (χ1n) is 10.2. The van der Waals surface area contributed by atoms with Crippen LogP contribution >= 0.6 is 11.6 Å². The Morgan fingerprint density at radius 1 is 1.18 bits per heavy atom. The van der Waals surface area contributed by atoms with Gasteiger partial charge in [0.15, 0.2) is 11.5 Å². The van der Waals surface area contributed by atoms with Crippen molar-refractivity contribution < 1.29 is 27.4 Å². The molecule has 2 heterocycles. The Bertz CT molecular complexity index is 1170. The average Bonchev–Trinajstić information content (AvgIpc) is 3.25. The van der Waals surface area contributed by atoms with Crippen molar-refractivity contribution in [3.8, 4) is 11.5 Å². The predicted molar refractivity (Wildman–Crippen MR) is 119 cm³/mol. The summed E-state index contributed by atoms with van der Waals surface area (Å²) < 4.78 is 56.5. The van der Waals surface area contributed by atoms with Gasteiger partial charge in [0.05, 0.1) is 37.4 Å². The fraction of sp³-hybridized carbons (Fsp3) is 0.364. The van der Waals surface area contributed by atoms with Gasteiger partial charge in [0, 0.05) is 23.6 Å². The number of nitrogens with one attached hydrogen (secondary N) is 1. The first-order valence-corrected chi connectivity index (χ1v) is 10.6. The third-order valence-corrected chi connectivity index (χ3v) is 5.46. The van der Waals surface area contributed by atoms with E-state index in [0.29, 0.717) is 47.0 Å². The molecule has 0 radical (unpaired) electrons. The molecule has 3 N–H and O–H groups in total. The van der Waals surface area contributed by atoms with Gasteiger partial charge in [-0.2, -0.15) is 13.2 Å². The summed E-state index contributed by atoms with van der Waals surface area (Å²) in [6, 6.07) is 6.26. The quantitative estimate of drug-likeness (QED) is 0.367. The highest BCUT2D eigenvalue weighted by Crippen LogP contribution is 2.38. The van der Waals surface area contributed by atoms with Gasteiger partial charge in [-0.15, -0.1) is 0 Å². The van der Waals surface area contributed by atoms with Crippen LogP contribution in [0.4, 0.5) is 24.7 Å². The highest BCUT2D eigenvalue weighted by molar-refractivity contribution is 6.28.